The minimum Gasteiger partial charge on any atom is -0.381 e. The van der Waals surface area contributed by atoms with Crippen LogP contribution in [0.2, 0.25) is 0 Å². The van der Waals surface area contributed by atoms with Crippen LogP contribution in [0.3, 0.4) is 0 Å². The summed E-state index contributed by atoms with van der Waals surface area (Å²) in [7, 11) is 0. The highest BCUT2D eigenvalue weighted by atomic mass is 16.6. The van der Waals surface area contributed by atoms with E-state index >= 15 is 0 Å². The molecule has 5 nitrogen and oxygen atoms in total. The fourth-order valence-corrected chi connectivity index (χ4v) is 2.04. The number of nitro groups is 1. The molecule has 1 N–H and O–H groups in total. The van der Waals surface area contributed by atoms with E-state index in [-0.39, 0.29) is 11.3 Å². The van der Waals surface area contributed by atoms with Gasteiger partial charge in [-0.3, -0.25) is 10.1 Å². The van der Waals surface area contributed by atoms with Gasteiger partial charge < -0.3 is 5.32 Å². The zero-order valence-corrected chi connectivity index (χ0v) is 11.9. The molecule has 0 aliphatic rings. The van der Waals surface area contributed by atoms with Crippen LogP contribution >= 0.6 is 0 Å². The second kappa shape index (κ2) is 6.06. The number of nitro benzene ring substituents is 1. The first-order valence-electron chi connectivity index (χ1n) is 6.50. The molecule has 0 spiro atoms. The molecule has 5 heteroatoms. The number of benzene rings is 2. The lowest BCUT2D eigenvalue weighted by Gasteiger charge is -2.10. The van der Waals surface area contributed by atoms with Crippen LogP contribution < -0.4 is 5.32 Å². The SMILES string of the molecule is Cc1ccc(CNc2cc(C#N)cc([N+](=O)[O-])c2C)cc1. The number of aryl methyl sites for hydroxylation is 1. The van der Waals surface area contributed by atoms with E-state index in [4.69, 9.17) is 5.26 Å². The molecule has 0 amide bonds. The van der Waals surface area contributed by atoms with Crippen molar-refractivity contribution < 1.29 is 4.92 Å². The number of anilines is 1. The largest absolute Gasteiger partial charge is 0.381 e. The van der Waals surface area contributed by atoms with Gasteiger partial charge in [0.1, 0.15) is 0 Å². The van der Waals surface area contributed by atoms with E-state index in [2.05, 4.69) is 5.32 Å². The summed E-state index contributed by atoms with van der Waals surface area (Å²) >= 11 is 0. The third-order valence-electron chi connectivity index (χ3n) is 3.31. The average Bonchev–Trinajstić information content (AvgIpc) is 2.47. The molecule has 0 unspecified atom stereocenters. The maximum Gasteiger partial charge on any atom is 0.275 e. The average molecular weight is 281 g/mol. The van der Waals surface area contributed by atoms with Gasteiger partial charge in [0, 0.05) is 23.9 Å². The lowest BCUT2D eigenvalue weighted by atomic mass is 10.1. The smallest absolute Gasteiger partial charge is 0.275 e. The van der Waals surface area contributed by atoms with Gasteiger partial charge >= 0.3 is 0 Å². The predicted octanol–water partition coefficient (Wildman–Crippen LogP) is 3.70. The molecule has 106 valence electrons. The summed E-state index contributed by atoms with van der Waals surface area (Å²) in [6.45, 7) is 4.24. The summed E-state index contributed by atoms with van der Waals surface area (Å²) in [5.74, 6) is 0. The number of hydrogen-bond acceptors (Lipinski definition) is 4. The Labute approximate surface area is 123 Å². The third-order valence-corrected chi connectivity index (χ3v) is 3.31. The third kappa shape index (κ3) is 3.37. The van der Waals surface area contributed by atoms with Crippen LogP contribution in [0.5, 0.6) is 0 Å². The molecule has 21 heavy (non-hydrogen) atoms. The topological polar surface area (TPSA) is 79.0 Å². The first-order chi connectivity index (χ1) is 10.0. The van der Waals surface area contributed by atoms with Crippen LogP contribution in [0, 0.1) is 35.3 Å². The van der Waals surface area contributed by atoms with E-state index in [1.807, 2.05) is 37.3 Å². The van der Waals surface area contributed by atoms with Gasteiger partial charge in [-0.25, -0.2) is 0 Å². The molecule has 2 rings (SSSR count). The lowest BCUT2D eigenvalue weighted by molar-refractivity contribution is -0.385. The molecular formula is C16H15N3O2. The van der Waals surface area contributed by atoms with Gasteiger partial charge in [-0.2, -0.15) is 5.26 Å². The van der Waals surface area contributed by atoms with Crippen LogP contribution in [0.15, 0.2) is 36.4 Å². The summed E-state index contributed by atoms with van der Waals surface area (Å²) in [5, 5.41) is 23.2. The molecule has 0 aliphatic heterocycles. The van der Waals surface area contributed by atoms with Crippen LogP contribution in [-0.2, 0) is 6.54 Å². The van der Waals surface area contributed by atoms with Crippen molar-refractivity contribution in [3.05, 3.63) is 68.8 Å². The summed E-state index contributed by atoms with van der Waals surface area (Å²) in [5.41, 5.74) is 3.63. The zero-order valence-electron chi connectivity index (χ0n) is 11.9. The molecule has 0 aliphatic carbocycles. The van der Waals surface area contributed by atoms with Crippen molar-refractivity contribution in [2.24, 2.45) is 0 Å². The number of nitrogens with one attached hydrogen (secondary N) is 1. The Kier molecular flexibility index (Phi) is 4.19. The summed E-state index contributed by atoms with van der Waals surface area (Å²) in [4.78, 5) is 10.6. The molecule has 0 saturated heterocycles. The second-order valence-electron chi connectivity index (χ2n) is 4.88. The van der Waals surface area contributed by atoms with Gasteiger partial charge in [0.05, 0.1) is 16.6 Å². The van der Waals surface area contributed by atoms with Crippen LogP contribution in [-0.4, -0.2) is 4.92 Å². The predicted molar refractivity (Wildman–Crippen MR) is 81.1 cm³/mol. The van der Waals surface area contributed by atoms with Crippen molar-refractivity contribution in [2.75, 3.05) is 5.32 Å². The standard InChI is InChI=1S/C16H15N3O2/c1-11-3-5-13(6-4-11)10-18-15-7-14(9-17)8-16(12(15)2)19(20)21/h3-8,18H,10H2,1-2H3. The molecule has 0 aromatic heterocycles. The van der Waals surface area contributed by atoms with Crippen molar-refractivity contribution in [1.82, 2.24) is 0 Å². The summed E-state index contributed by atoms with van der Waals surface area (Å²) in [6, 6.07) is 12.9. The van der Waals surface area contributed by atoms with Crippen molar-refractivity contribution in [3.63, 3.8) is 0 Å². The quantitative estimate of drug-likeness (QED) is 0.684. The molecule has 0 radical (unpaired) electrons. The van der Waals surface area contributed by atoms with Crippen LogP contribution in [0.25, 0.3) is 0 Å². The van der Waals surface area contributed by atoms with Gasteiger partial charge in [-0.1, -0.05) is 29.8 Å². The molecule has 0 fully saturated rings. The van der Waals surface area contributed by atoms with E-state index in [1.165, 1.54) is 11.6 Å². The number of hydrogen-bond donors (Lipinski definition) is 1. The van der Waals surface area contributed by atoms with Crippen molar-refractivity contribution in [1.29, 1.82) is 5.26 Å². The second-order valence-corrected chi connectivity index (χ2v) is 4.88. The minimum atomic E-state index is -0.465. The Morgan fingerprint density at radius 2 is 1.90 bits per heavy atom. The molecular weight excluding hydrogens is 266 g/mol. The minimum absolute atomic E-state index is 0.0412. The molecule has 2 aromatic carbocycles. The van der Waals surface area contributed by atoms with Gasteiger partial charge in [0.25, 0.3) is 5.69 Å². The van der Waals surface area contributed by atoms with Gasteiger partial charge in [-0.05, 0) is 25.5 Å². The molecule has 0 bridgehead atoms. The van der Waals surface area contributed by atoms with E-state index in [9.17, 15) is 10.1 Å². The molecule has 0 heterocycles. The van der Waals surface area contributed by atoms with Gasteiger partial charge in [0.15, 0.2) is 0 Å². The Hall–Kier alpha value is -2.87. The molecule has 0 saturated carbocycles. The van der Waals surface area contributed by atoms with E-state index in [1.54, 1.807) is 13.0 Å². The summed E-state index contributed by atoms with van der Waals surface area (Å²) in [6.07, 6.45) is 0. The van der Waals surface area contributed by atoms with Gasteiger partial charge in [0.2, 0.25) is 0 Å². The zero-order chi connectivity index (χ0) is 15.4. The van der Waals surface area contributed by atoms with Crippen molar-refractivity contribution in [3.8, 4) is 6.07 Å². The van der Waals surface area contributed by atoms with E-state index in [0.717, 1.165) is 5.56 Å². The van der Waals surface area contributed by atoms with Crippen molar-refractivity contribution >= 4 is 11.4 Å². The first kappa shape index (κ1) is 14.5. The van der Waals surface area contributed by atoms with E-state index in [0.29, 0.717) is 17.8 Å². The normalized spacial score (nSPS) is 9.95. The lowest BCUT2D eigenvalue weighted by Crippen LogP contribution is -2.03. The highest BCUT2D eigenvalue weighted by molar-refractivity contribution is 5.64. The fraction of sp³-hybridized carbons (Fsp3) is 0.188. The van der Waals surface area contributed by atoms with Crippen LogP contribution in [0.1, 0.15) is 22.3 Å². The Morgan fingerprint density at radius 1 is 1.24 bits per heavy atom. The molecule has 0 atom stereocenters. The van der Waals surface area contributed by atoms with Crippen molar-refractivity contribution in [2.45, 2.75) is 20.4 Å². The summed E-state index contributed by atoms with van der Waals surface area (Å²) < 4.78 is 0. The maximum absolute atomic E-state index is 11.0. The number of rotatable bonds is 4. The monoisotopic (exact) mass is 281 g/mol. The Balaban J connectivity index is 2.27. The highest BCUT2D eigenvalue weighted by Crippen LogP contribution is 2.27. The van der Waals surface area contributed by atoms with Crippen LogP contribution in [0.4, 0.5) is 11.4 Å². The molecule has 2 aromatic rings. The highest BCUT2D eigenvalue weighted by Gasteiger charge is 2.16. The van der Waals surface area contributed by atoms with Gasteiger partial charge in [-0.15, -0.1) is 0 Å². The Bertz CT molecular complexity index is 716. The fourth-order valence-electron chi connectivity index (χ4n) is 2.04. The van der Waals surface area contributed by atoms with E-state index < -0.39 is 4.92 Å². The first-order valence-corrected chi connectivity index (χ1v) is 6.50. The number of nitriles is 1. The number of nitrogens with zero attached hydrogens (tertiary/aromatic N) is 2. The Morgan fingerprint density at radius 3 is 2.48 bits per heavy atom. The maximum atomic E-state index is 11.0.